The van der Waals surface area contributed by atoms with Gasteiger partial charge in [-0.05, 0) is 55.6 Å². The normalized spacial score (nSPS) is 18.7. The number of carbonyl (C=O) groups is 1. The van der Waals surface area contributed by atoms with Crippen LogP contribution >= 0.6 is 0 Å². The third-order valence-electron chi connectivity index (χ3n) is 5.20. The van der Waals surface area contributed by atoms with Crippen LogP contribution in [0.25, 0.3) is 0 Å². The van der Waals surface area contributed by atoms with Crippen molar-refractivity contribution in [3.63, 3.8) is 0 Å². The summed E-state index contributed by atoms with van der Waals surface area (Å²) in [6.07, 6.45) is 3.35. The fourth-order valence-corrected chi connectivity index (χ4v) is 3.79. The monoisotopic (exact) mass is 370 g/mol. The molecule has 6 heteroatoms. The highest BCUT2D eigenvalue weighted by Gasteiger charge is 2.33. The lowest BCUT2D eigenvalue weighted by atomic mass is 9.92. The highest BCUT2D eigenvalue weighted by atomic mass is 16.5. The van der Waals surface area contributed by atoms with Crippen molar-refractivity contribution in [3.05, 3.63) is 53.3 Å². The lowest BCUT2D eigenvalue weighted by molar-refractivity contribution is -0.143. The first-order valence-corrected chi connectivity index (χ1v) is 9.15. The van der Waals surface area contributed by atoms with E-state index >= 15 is 0 Å². The number of rotatable bonds is 6. The van der Waals surface area contributed by atoms with Crippen molar-refractivity contribution in [1.29, 1.82) is 0 Å². The first-order chi connectivity index (χ1) is 13.0. The Balaban J connectivity index is 2.06. The highest BCUT2D eigenvalue weighted by molar-refractivity contribution is 5.70. The number of ether oxygens (including phenoxy) is 2. The number of hydrogen-bond acceptors (Lipinski definition) is 5. The third-order valence-corrected chi connectivity index (χ3v) is 5.20. The molecule has 0 radical (unpaired) electrons. The Morgan fingerprint density at radius 1 is 1.26 bits per heavy atom. The Bertz CT molecular complexity index is 809. The summed E-state index contributed by atoms with van der Waals surface area (Å²) in [5.41, 5.74) is 3.03. The van der Waals surface area contributed by atoms with Crippen LogP contribution in [0.2, 0.25) is 0 Å². The summed E-state index contributed by atoms with van der Waals surface area (Å²) in [5, 5.41) is 9.51. The van der Waals surface area contributed by atoms with Gasteiger partial charge >= 0.3 is 5.97 Å². The van der Waals surface area contributed by atoms with Gasteiger partial charge < -0.3 is 14.6 Å². The fourth-order valence-electron chi connectivity index (χ4n) is 3.79. The van der Waals surface area contributed by atoms with Gasteiger partial charge in [0.2, 0.25) is 0 Å². The zero-order chi connectivity index (χ0) is 19.4. The smallest absolute Gasteiger partial charge is 0.307 e. The molecule has 0 spiro atoms. The maximum Gasteiger partial charge on any atom is 0.307 e. The summed E-state index contributed by atoms with van der Waals surface area (Å²) in [7, 11) is 3.23. The lowest BCUT2D eigenvalue weighted by Crippen LogP contribution is -2.41. The number of benzene rings is 1. The highest BCUT2D eigenvalue weighted by Crippen LogP contribution is 2.37. The number of nitrogens with zero attached hydrogens (tertiary/aromatic N) is 2. The van der Waals surface area contributed by atoms with E-state index in [4.69, 9.17) is 9.47 Å². The van der Waals surface area contributed by atoms with Crippen molar-refractivity contribution in [1.82, 2.24) is 9.88 Å². The molecule has 0 saturated carbocycles. The van der Waals surface area contributed by atoms with Gasteiger partial charge in [0.25, 0.3) is 0 Å². The summed E-state index contributed by atoms with van der Waals surface area (Å²) in [6.45, 7) is 3.37. The van der Waals surface area contributed by atoms with Gasteiger partial charge in [0.05, 0.1) is 31.9 Å². The molecular formula is C21H26N2O4. The van der Waals surface area contributed by atoms with E-state index in [2.05, 4.69) is 9.88 Å². The van der Waals surface area contributed by atoms with Gasteiger partial charge in [0.1, 0.15) is 0 Å². The van der Waals surface area contributed by atoms with E-state index in [1.54, 1.807) is 20.4 Å². The summed E-state index contributed by atoms with van der Waals surface area (Å²) < 4.78 is 10.8. The number of aromatic nitrogens is 1. The molecule has 6 nitrogen and oxygen atoms in total. The number of pyridine rings is 1. The Labute approximate surface area is 159 Å². The Hall–Kier alpha value is -2.60. The van der Waals surface area contributed by atoms with Crippen molar-refractivity contribution >= 4 is 5.97 Å². The molecule has 2 heterocycles. The maximum atomic E-state index is 11.6. The summed E-state index contributed by atoms with van der Waals surface area (Å²) in [6, 6.07) is 9.67. The molecule has 3 rings (SSSR count). The average Bonchev–Trinajstić information content (AvgIpc) is 2.69. The van der Waals surface area contributed by atoms with Crippen LogP contribution < -0.4 is 9.47 Å². The Morgan fingerprint density at radius 2 is 2.04 bits per heavy atom. The van der Waals surface area contributed by atoms with Crippen LogP contribution in [0, 0.1) is 12.8 Å². The van der Waals surface area contributed by atoms with Crippen molar-refractivity contribution in [2.75, 3.05) is 27.3 Å². The van der Waals surface area contributed by atoms with E-state index in [1.165, 1.54) is 0 Å². The SMILES string of the molecule is COc1ccc(C(c2ncccc2C)N2CCCC(C(=O)O)C2)cc1OC. The van der Waals surface area contributed by atoms with Crippen LogP contribution in [0.1, 0.15) is 35.7 Å². The molecule has 2 unspecified atom stereocenters. The van der Waals surface area contributed by atoms with E-state index in [1.807, 2.05) is 37.3 Å². The van der Waals surface area contributed by atoms with Gasteiger partial charge in [0.15, 0.2) is 11.5 Å². The molecular weight excluding hydrogens is 344 g/mol. The first kappa shape index (κ1) is 19.2. The number of methoxy groups -OCH3 is 2. The second-order valence-electron chi connectivity index (χ2n) is 6.89. The summed E-state index contributed by atoms with van der Waals surface area (Å²) in [5.74, 6) is 0.231. The molecule has 1 N–H and O–H groups in total. The molecule has 27 heavy (non-hydrogen) atoms. The quantitative estimate of drug-likeness (QED) is 0.841. The van der Waals surface area contributed by atoms with Crippen LogP contribution in [0.4, 0.5) is 0 Å². The lowest BCUT2D eigenvalue weighted by Gasteiger charge is -2.37. The van der Waals surface area contributed by atoms with Crippen LogP contribution in [0.15, 0.2) is 36.5 Å². The van der Waals surface area contributed by atoms with Gasteiger partial charge in [0, 0.05) is 12.7 Å². The van der Waals surface area contributed by atoms with Gasteiger partial charge in [-0.15, -0.1) is 0 Å². The van der Waals surface area contributed by atoms with Gasteiger partial charge in [-0.2, -0.15) is 0 Å². The second-order valence-corrected chi connectivity index (χ2v) is 6.89. The van der Waals surface area contributed by atoms with E-state index < -0.39 is 5.97 Å². The number of hydrogen-bond donors (Lipinski definition) is 1. The van der Waals surface area contributed by atoms with Crippen molar-refractivity contribution in [2.45, 2.75) is 25.8 Å². The van der Waals surface area contributed by atoms with Crippen molar-refractivity contribution < 1.29 is 19.4 Å². The van der Waals surface area contributed by atoms with E-state index in [0.717, 1.165) is 29.8 Å². The molecule has 2 atom stereocenters. The zero-order valence-corrected chi connectivity index (χ0v) is 16.0. The van der Waals surface area contributed by atoms with Crippen LogP contribution in [-0.2, 0) is 4.79 Å². The molecule has 0 amide bonds. The molecule has 1 aliphatic rings. The number of piperidine rings is 1. The molecule has 1 aliphatic heterocycles. The predicted molar refractivity (Wildman–Crippen MR) is 102 cm³/mol. The van der Waals surface area contributed by atoms with E-state index in [-0.39, 0.29) is 12.0 Å². The Kier molecular flexibility index (Phi) is 5.96. The number of aliphatic carboxylic acids is 1. The number of likely N-dealkylation sites (tertiary alicyclic amines) is 1. The minimum absolute atomic E-state index is 0.131. The van der Waals surface area contributed by atoms with E-state index in [9.17, 15) is 9.90 Å². The molecule has 1 saturated heterocycles. The molecule has 1 aromatic carbocycles. The maximum absolute atomic E-state index is 11.6. The van der Waals surface area contributed by atoms with Crippen LogP contribution in [-0.4, -0.2) is 48.3 Å². The zero-order valence-electron chi connectivity index (χ0n) is 16.0. The third kappa shape index (κ3) is 4.06. The molecule has 2 aromatic rings. The standard InChI is InChI=1S/C21H26N2O4/c1-14-6-4-10-22-19(14)20(23-11-5-7-16(13-23)21(24)25)15-8-9-17(26-2)18(12-15)27-3/h4,6,8-10,12,16,20H,5,7,11,13H2,1-3H3,(H,24,25). The number of aryl methyl sites for hydroxylation is 1. The largest absolute Gasteiger partial charge is 0.493 e. The predicted octanol–water partition coefficient (Wildman–Crippen LogP) is 3.29. The van der Waals surface area contributed by atoms with Crippen molar-refractivity contribution in [3.8, 4) is 11.5 Å². The fraction of sp³-hybridized carbons (Fsp3) is 0.429. The topological polar surface area (TPSA) is 71.9 Å². The Morgan fingerprint density at radius 3 is 2.70 bits per heavy atom. The molecule has 0 aliphatic carbocycles. The molecule has 0 bridgehead atoms. The van der Waals surface area contributed by atoms with Crippen molar-refractivity contribution in [2.24, 2.45) is 5.92 Å². The number of carboxylic acids is 1. The summed E-state index contributed by atoms with van der Waals surface area (Å²) in [4.78, 5) is 18.4. The molecule has 1 aromatic heterocycles. The minimum Gasteiger partial charge on any atom is -0.493 e. The first-order valence-electron chi connectivity index (χ1n) is 9.15. The van der Waals surface area contributed by atoms with Gasteiger partial charge in [-0.1, -0.05) is 12.1 Å². The van der Waals surface area contributed by atoms with Crippen LogP contribution in [0.5, 0.6) is 11.5 Å². The second kappa shape index (κ2) is 8.39. The average molecular weight is 370 g/mol. The van der Waals surface area contributed by atoms with Gasteiger partial charge in [-0.25, -0.2) is 0 Å². The number of carboxylic acid groups (broad SMARTS) is 1. The van der Waals surface area contributed by atoms with Crippen LogP contribution in [0.3, 0.4) is 0 Å². The molecule has 1 fully saturated rings. The van der Waals surface area contributed by atoms with Gasteiger partial charge in [-0.3, -0.25) is 14.7 Å². The molecule has 144 valence electrons. The van der Waals surface area contributed by atoms with E-state index in [0.29, 0.717) is 24.5 Å². The summed E-state index contributed by atoms with van der Waals surface area (Å²) >= 11 is 0. The minimum atomic E-state index is -0.733.